The standard InChI is InChI=1S/C11H13ClO2/c1-11(7-14-11)6-8-5-9(12)3-4-10(8)13-2/h3-5H,6-7H2,1-2H3. The van der Waals surface area contributed by atoms with Crippen molar-refractivity contribution >= 4 is 11.6 Å². The summed E-state index contributed by atoms with van der Waals surface area (Å²) in [6.45, 7) is 2.91. The molecule has 1 aliphatic heterocycles. The number of benzene rings is 1. The molecule has 0 bridgehead atoms. The van der Waals surface area contributed by atoms with Crippen LogP contribution in [0.15, 0.2) is 18.2 Å². The first-order chi connectivity index (χ1) is 6.63. The Morgan fingerprint density at radius 3 is 2.86 bits per heavy atom. The molecule has 0 radical (unpaired) electrons. The summed E-state index contributed by atoms with van der Waals surface area (Å²) in [6, 6.07) is 5.66. The fourth-order valence-corrected chi connectivity index (χ4v) is 1.71. The number of hydrogen-bond acceptors (Lipinski definition) is 2. The highest BCUT2D eigenvalue weighted by Gasteiger charge is 2.39. The van der Waals surface area contributed by atoms with Crippen LogP contribution in [0, 0.1) is 0 Å². The second-order valence-electron chi connectivity index (χ2n) is 3.87. The number of ether oxygens (including phenoxy) is 2. The van der Waals surface area contributed by atoms with E-state index in [0.717, 1.165) is 29.4 Å². The molecule has 14 heavy (non-hydrogen) atoms. The average Bonchev–Trinajstić information content (AvgIpc) is 2.84. The molecule has 1 aliphatic rings. The Bertz CT molecular complexity index is 345. The summed E-state index contributed by atoms with van der Waals surface area (Å²) in [5.74, 6) is 0.881. The van der Waals surface area contributed by atoms with E-state index in [-0.39, 0.29) is 5.60 Å². The Labute approximate surface area is 88.8 Å². The highest BCUT2D eigenvalue weighted by Crippen LogP contribution is 2.34. The van der Waals surface area contributed by atoms with Crippen LogP contribution in [0.2, 0.25) is 5.02 Å². The van der Waals surface area contributed by atoms with E-state index in [0.29, 0.717) is 0 Å². The van der Waals surface area contributed by atoms with Gasteiger partial charge >= 0.3 is 0 Å². The van der Waals surface area contributed by atoms with E-state index in [1.807, 2.05) is 18.2 Å². The minimum absolute atomic E-state index is 0.00202. The lowest BCUT2D eigenvalue weighted by Crippen LogP contribution is -2.09. The summed E-state index contributed by atoms with van der Waals surface area (Å²) in [7, 11) is 1.67. The minimum atomic E-state index is -0.00202. The predicted octanol–water partition coefficient (Wildman–Crippen LogP) is 2.68. The van der Waals surface area contributed by atoms with Crippen LogP contribution in [-0.2, 0) is 11.2 Å². The molecule has 1 heterocycles. The maximum atomic E-state index is 5.93. The van der Waals surface area contributed by atoms with Crippen molar-refractivity contribution in [3.63, 3.8) is 0 Å². The van der Waals surface area contributed by atoms with Crippen molar-refractivity contribution in [2.45, 2.75) is 18.9 Å². The van der Waals surface area contributed by atoms with Crippen LogP contribution >= 0.6 is 11.6 Å². The molecule has 0 spiro atoms. The molecule has 3 heteroatoms. The van der Waals surface area contributed by atoms with Crippen LogP contribution in [0.5, 0.6) is 5.75 Å². The largest absolute Gasteiger partial charge is 0.496 e. The van der Waals surface area contributed by atoms with Gasteiger partial charge in [0.2, 0.25) is 0 Å². The van der Waals surface area contributed by atoms with Gasteiger partial charge in [0.05, 0.1) is 19.3 Å². The quantitative estimate of drug-likeness (QED) is 0.719. The zero-order valence-corrected chi connectivity index (χ0v) is 9.10. The predicted molar refractivity (Wildman–Crippen MR) is 56.1 cm³/mol. The van der Waals surface area contributed by atoms with E-state index >= 15 is 0 Å². The third-order valence-corrected chi connectivity index (χ3v) is 2.68. The third kappa shape index (κ3) is 2.02. The lowest BCUT2D eigenvalue weighted by atomic mass is 10.0. The molecule has 1 aromatic rings. The van der Waals surface area contributed by atoms with Gasteiger partial charge in [-0.05, 0) is 30.7 Å². The van der Waals surface area contributed by atoms with Gasteiger partial charge < -0.3 is 9.47 Å². The maximum Gasteiger partial charge on any atom is 0.122 e. The van der Waals surface area contributed by atoms with Crippen molar-refractivity contribution in [3.05, 3.63) is 28.8 Å². The Hall–Kier alpha value is -0.730. The number of hydrogen-bond donors (Lipinski definition) is 0. The first kappa shape index (κ1) is 9.81. The first-order valence-corrected chi connectivity index (χ1v) is 4.97. The van der Waals surface area contributed by atoms with Crippen LogP contribution in [-0.4, -0.2) is 19.3 Å². The van der Waals surface area contributed by atoms with Crippen LogP contribution in [0.3, 0.4) is 0 Å². The molecule has 76 valence electrons. The van der Waals surface area contributed by atoms with E-state index in [2.05, 4.69) is 6.92 Å². The molecule has 0 amide bonds. The number of rotatable bonds is 3. The van der Waals surface area contributed by atoms with Gasteiger partial charge in [0, 0.05) is 11.4 Å². The van der Waals surface area contributed by atoms with E-state index in [4.69, 9.17) is 21.1 Å². The van der Waals surface area contributed by atoms with Crippen LogP contribution in [0.4, 0.5) is 0 Å². The Kier molecular flexibility index (Phi) is 2.41. The van der Waals surface area contributed by atoms with Crippen molar-refractivity contribution in [1.29, 1.82) is 0 Å². The number of epoxide rings is 1. The summed E-state index contributed by atoms with van der Waals surface area (Å²) in [4.78, 5) is 0. The molecule has 2 rings (SSSR count). The van der Waals surface area contributed by atoms with Gasteiger partial charge in [-0.15, -0.1) is 0 Å². The number of methoxy groups -OCH3 is 1. The van der Waals surface area contributed by atoms with Crippen molar-refractivity contribution in [2.75, 3.05) is 13.7 Å². The van der Waals surface area contributed by atoms with Crippen molar-refractivity contribution in [2.24, 2.45) is 0 Å². The zero-order chi connectivity index (χ0) is 10.2. The summed E-state index contributed by atoms with van der Waals surface area (Å²) in [5, 5.41) is 0.741. The summed E-state index contributed by atoms with van der Waals surface area (Å²) < 4.78 is 10.6. The average molecular weight is 213 g/mol. The third-order valence-electron chi connectivity index (χ3n) is 2.44. The molecule has 2 nitrogen and oxygen atoms in total. The Balaban J connectivity index is 2.25. The molecule has 0 aliphatic carbocycles. The smallest absolute Gasteiger partial charge is 0.122 e. The van der Waals surface area contributed by atoms with Crippen LogP contribution < -0.4 is 4.74 Å². The van der Waals surface area contributed by atoms with E-state index in [1.54, 1.807) is 7.11 Å². The molecular formula is C11H13ClO2. The van der Waals surface area contributed by atoms with Crippen LogP contribution in [0.25, 0.3) is 0 Å². The van der Waals surface area contributed by atoms with E-state index < -0.39 is 0 Å². The zero-order valence-electron chi connectivity index (χ0n) is 8.34. The molecule has 1 fully saturated rings. The first-order valence-electron chi connectivity index (χ1n) is 4.59. The van der Waals surface area contributed by atoms with Crippen molar-refractivity contribution in [3.8, 4) is 5.75 Å². The molecule has 1 unspecified atom stereocenters. The van der Waals surface area contributed by atoms with Crippen molar-refractivity contribution < 1.29 is 9.47 Å². The molecule has 1 saturated heterocycles. The Morgan fingerprint density at radius 1 is 1.57 bits per heavy atom. The van der Waals surface area contributed by atoms with Gasteiger partial charge in [-0.2, -0.15) is 0 Å². The molecule has 0 saturated carbocycles. The summed E-state index contributed by atoms with van der Waals surface area (Å²) in [6.07, 6.45) is 0.858. The fraction of sp³-hybridized carbons (Fsp3) is 0.455. The second kappa shape index (κ2) is 3.44. The van der Waals surface area contributed by atoms with E-state index in [1.165, 1.54) is 0 Å². The molecule has 0 N–H and O–H groups in total. The van der Waals surface area contributed by atoms with Gasteiger partial charge in [0.25, 0.3) is 0 Å². The van der Waals surface area contributed by atoms with Gasteiger partial charge in [0.1, 0.15) is 5.75 Å². The highest BCUT2D eigenvalue weighted by molar-refractivity contribution is 6.30. The van der Waals surface area contributed by atoms with Gasteiger partial charge in [-0.25, -0.2) is 0 Å². The summed E-state index contributed by atoms with van der Waals surface area (Å²) in [5.41, 5.74) is 1.11. The van der Waals surface area contributed by atoms with Gasteiger partial charge in [-0.3, -0.25) is 0 Å². The van der Waals surface area contributed by atoms with Gasteiger partial charge in [0.15, 0.2) is 0 Å². The monoisotopic (exact) mass is 212 g/mol. The van der Waals surface area contributed by atoms with Crippen molar-refractivity contribution in [1.82, 2.24) is 0 Å². The van der Waals surface area contributed by atoms with Crippen LogP contribution in [0.1, 0.15) is 12.5 Å². The lowest BCUT2D eigenvalue weighted by Gasteiger charge is -2.10. The second-order valence-corrected chi connectivity index (χ2v) is 4.31. The minimum Gasteiger partial charge on any atom is -0.496 e. The maximum absolute atomic E-state index is 5.93. The van der Waals surface area contributed by atoms with E-state index in [9.17, 15) is 0 Å². The molecule has 1 atom stereocenters. The normalized spacial score (nSPS) is 24.8. The molecule has 1 aromatic carbocycles. The SMILES string of the molecule is COc1ccc(Cl)cc1CC1(C)CO1. The topological polar surface area (TPSA) is 21.8 Å². The fourth-order valence-electron chi connectivity index (χ4n) is 1.51. The van der Waals surface area contributed by atoms with Gasteiger partial charge in [-0.1, -0.05) is 11.6 Å². The summed E-state index contributed by atoms with van der Waals surface area (Å²) >= 11 is 5.93. The molecule has 0 aromatic heterocycles. The number of halogens is 1. The highest BCUT2D eigenvalue weighted by atomic mass is 35.5. The lowest BCUT2D eigenvalue weighted by molar-refractivity contribution is 0.318. The molecular weight excluding hydrogens is 200 g/mol. The Morgan fingerprint density at radius 2 is 2.29 bits per heavy atom.